The fourth-order valence-electron chi connectivity index (χ4n) is 1.73. The van der Waals surface area contributed by atoms with Gasteiger partial charge in [-0.3, -0.25) is 9.18 Å². The number of nitrogens with one attached hydrogen (secondary N) is 1. The topological polar surface area (TPSA) is 90.9 Å². The van der Waals surface area contributed by atoms with Crippen molar-refractivity contribution < 1.29 is 33.0 Å². The SMILES string of the molecule is CC.CC(C)(C)OC(=O)CCC(NC(=O)OC(C)(C)C)C(=O)OC(C)(C)C.CCCF. The molecule has 1 unspecified atom stereocenters. The van der Waals surface area contributed by atoms with Gasteiger partial charge >= 0.3 is 18.0 Å². The van der Waals surface area contributed by atoms with Crippen LogP contribution in [0.4, 0.5) is 9.18 Å². The molecule has 0 aliphatic carbocycles. The summed E-state index contributed by atoms with van der Waals surface area (Å²) in [5.41, 5.74) is -2.03. The number of halogens is 1. The number of hydrogen-bond donors (Lipinski definition) is 1. The molecule has 0 aliphatic heterocycles. The minimum atomic E-state index is -0.999. The van der Waals surface area contributed by atoms with Crippen LogP contribution in [0.3, 0.4) is 0 Å². The molecule has 0 aromatic heterocycles. The highest BCUT2D eigenvalue weighted by atomic mass is 19.1. The van der Waals surface area contributed by atoms with Gasteiger partial charge in [-0.15, -0.1) is 0 Å². The number of amides is 1. The first-order valence-electron chi connectivity index (χ1n) is 10.9. The highest BCUT2D eigenvalue weighted by Crippen LogP contribution is 2.14. The van der Waals surface area contributed by atoms with Crippen molar-refractivity contribution in [3.63, 3.8) is 0 Å². The van der Waals surface area contributed by atoms with E-state index in [1.165, 1.54) is 0 Å². The highest BCUT2D eigenvalue weighted by molar-refractivity contribution is 5.82. The molecule has 0 aromatic rings. The van der Waals surface area contributed by atoms with E-state index in [0.717, 1.165) is 0 Å². The normalized spacial score (nSPS) is 12.2. The monoisotopic (exact) mass is 451 g/mol. The van der Waals surface area contributed by atoms with Crippen LogP contribution in [0.5, 0.6) is 0 Å². The van der Waals surface area contributed by atoms with Crippen LogP contribution in [-0.4, -0.2) is 47.6 Å². The van der Waals surface area contributed by atoms with Gasteiger partial charge in [0.25, 0.3) is 0 Å². The lowest BCUT2D eigenvalue weighted by Gasteiger charge is -2.26. The standard InChI is InChI=1S/C18H33NO6.C3H7F.C2H6/c1-16(2,3)23-13(20)11-10-12(14(21)24-17(4,5)6)19-15(22)25-18(7,8)9;1-2-3-4;1-2/h12H,10-11H2,1-9H3,(H,19,22);2-3H2,1H3;1-2H3. The molecule has 0 radical (unpaired) electrons. The van der Waals surface area contributed by atoms with Gasteiger partial charge in [-0.2, -0.15) is 0 Å². The Morgan fingerprint density at radius 2 is 1.19 bits per heavy atom. The molecule has 0 aromatic carbocycles. The lowest BCUT2D eigenvalue weighted by atomic mass is 10.1. The summed E-state index contributed by atoms with van der Waals surface area (Å²) in [6.07, 6.45) is -0.0624. The van der Waals surface area contributed by atoms with Crippen molar-refractivity contribution in [2.24, 2.45) is 0 Å². The van der Waals surface area contributed by atoms with Gasteiger partial charge in [0.15, 0.2) is 0 Å². The Bertz CT molecular complexity index is 514. The number of carbonyl (C=O) groups excluding carboxylic acids is 3. The molecule has 0 saturated heterocycles. The summed E-state index contributed by atoms with van der Waals surface area (Å²) in [7, 11) is 0. The second-order valence-electron chi connectivity index (χ2n) is 9.55. The van der Waals surface area contributed by atoms with Crippen LogP contribution >= 0.6 is 0 Å². The van der Waals surface area contributed by atoms with Crippen LogP contribution in [0, 0.1) is 0 Å². The Morgan fingerprint density at radius 3 is 1.52 bits per heavy atom. The molecule has 8 heteroatoms. The molecule has 186 valence electrons. The average Bonchev–Trinajstić information content (AvgIpc) is 2.55. The van der Waals surface area contributed by atoms with Crippen molar-refractivity contribution in [3.8, 4) is 0 Å². The van der Waals surface area contributed by atoms with E-state index in [1.54, 1.807) is 69.2 Å². The summed E-state index contributed by atoms with van der Waals surface area (Å²) >= 11 is 0. The summed E-state index contributed by atoms with van der Waals surface area (Å²) in [4.78, 5) is 36.1. The van der Waals surface area contributed by atoms with Crippen molar-refractivity contribution in [3.05, 3.63) is 0 Å². The zero-order chi connectivity index (χ0) is 25.5. The highest BCUT2D eigenvalue weighted by Gasteiger charge is 2.29. The van der Waals surface area contributed by atoms with Crippen LogP contribution < -0.4 is 5.32 Å². The minimum absolute atomic E-state index is 0.0308. The smallest absolute Gasteiger partial charge is 0.408 e. The lowest BCUT2D eigenvalue weighted by Crippen LogP contribution is -2.46. The van der Waals surface area contributed by atoms with Crippen molar-refractivity contribution in [1.29, 1.82) is 0 Å². The van der Waals surface area contributed by atoms with Crippen molar-refractivity contribution in [1.82, 2.24) is 5.32 Å². The van der Waals surface area contributed by atoms with Gasteiger partial charge in [-0.05, 0) is 75.2 Å². The van der Waals surface area contributed by atoms with Crippen molar-refractivity contribution >= 4 is 18.0 Å². The Labute approximate surface area is 188 Å². The molecule has 0 bridgehead atoms. The molecule has 7 nitrogen and oxygen atoms in total. The van der Waals surface area contributed by atoms with Crippen LogP contribution in [-0.2, 0) is 23.8 Å². The molecule has 31 heavy (non-hydrogen) atoms. The minimum Gasteiger partial charge on any atom is -0.460 e. The summed E-state index contributed by atoms with van der Waals surface area (Å²) in [6.45, 7) is 21.2. The van der Waals surface area contributed by atoms with Gasteiger partial charge in [-0.1, -0.05) is 20.8 Å². The summed E-state index contributed by atoms with van der Waals surface area (Å²) in [5.74, 6) is -1.08. The predicted octanol–water partition coefficient (Wildman–Crippen LogP) is 5.74. The van der Waals surface area contributed by atoms with E-state index in [4.69, 9.17) is 14.2 Å². The maximum atomic E-state index is 12.3. The Hall–Kier alpha value is -1.86. The second-order valence-corrected chi connectivity index (χ2v) is 9.55. The molecule has 0 saturated carbocycles. The molecule has 1 amide bonds. The predicted molar refractivity (Wildman–Crippen MR) is 122 cm³/mol. The van der Waals surface area contributed by atoms with Crippen LogP contribution in [0.1, 0.15) is 102 Å². The zero-order valence-corrected chi connectivity index (χ0v) is 21.7. The van der Waals surface area contributed by atoms with Gasteiger partial charge < -0.3 is 19.5 Å². The van der Waals surface area contributed by atoms with E-state index in [9.17, 15) is 18.8 Å². The van der Waals surface area contributed by atoms with E-state index >= 15 is 0 Å². The fourth-order valence-corrected chi connectivity index (χ4v) is 1.73. The lowest BCUT2D eigenvalue weighted by molar-refractivity contribution is -0.158. The summed E-state index contributed by atoms with van der Waals surface area (Å²) in [6, 6.07) is -0.999. The number of hydrogen-bond acceptors (Lipinski definition) is 6. The Morgan fingerprint density at radius 1 is 0.806 bits per heavy atom. The molecular weight excluding hydrogens is 405 g/mol. The molecule has 0 aliphatic rings. The van der Waals surface area contributed by atoms with E-state index in [2.05, 4.69) is 5.32 Å². The first-order valence-corrected chi connectivity index (χ1v) is 10.9. The molecule has 0 fully saturated rings. The molecular formula is C23H46FNO6. The Balaban J connectivity index is -0.00000116. The Kier molecular flexibility index (Phi) is 17.3. The molecule has 0 heterocycles. The van der Waals surface area contributed by atoms with E-state index in [0.29, 0.717) is 6.42 Å². The number of ether oxygens (including phenoxy) is 3. The van der Waals surface area contributed by atoms with Gasteiger partial charge in [-0.25, -0.2) is 9.59 Å². The van der Waals surface area contributed by atoms with E-state index in [1.807, 2.05) is 13.8 Å². The molecule has 1 N–H and O–H groups in total. The largest absolute Gasteiger partial charge is 0.460 e. The van der Waals surface area contributed by atoms with Gasteiger partial charge in [0.2, 0.25) is 0 Å². The fraction of sp³-hybridized carbons (Fsp3) is 0.870. The van der Waals surface area contributed by atoms with Gasteiger partial charge in [0.1, 0.15) is 22.8 Å². The first kappa shape index (κ1) is 33.8. The quantitative estimate of drug-likeness (QED) is 0.409. The van der Waals surface area contributed by atoms with Crippen LogP contribution in [0.25, 0.3) is 0 Å². The van der Waals surface area contributed by atoms with E-state index in [-0.39, 0.29) is 19.5 Å². The first-order chi connectivity index (χ1) is 13.9. The number of esters is 2. The zero-order valence-electron chi connectivity index (χ0n) is 21.7. The second kappa shape index (κ2) is 15.9. The van der Waals surface area contributed by atoms with Crippen molar-refractivity contribution in [2.45, 2.75) is 125 Å². The number of alkyl halides is 1. The van der Waals surface area contributed by atoms with Crippen molar-refractivity contribution in [2.75, 3.05) is 6.67 Å². The van der Waals surface area contributed by atoms with Crippen LogP contribution in [0.15, 0.2) is 0 Å². The molecule has 0 rings (SSSR count). The van der Waals surface area contributed by atoms with Gasteiger partial charge in [0, 0.05) is 6.42 Å². The third-order valence-electron chi connectivity index (χ3n) is 2.63. The van der Waals surface area contributed by atoms with Crippen LogP contribution in [0.2, 0.25) is 0 Å². The maximum absolute atomic E-state index is 12.3. The average molecular weight is 452 g/mol. The maximum Gasteiger partial charge on any atom is 0.408 e. The number of rotatable bonds is 6. The summed E-state index contributed by atoms with van der Waals surface area (Å²) < 4.78 is 26.4. The third-order valence-corrected chi connectivity index (χ3v) is 2.63. The number of alkyl carbamates (subject to hydrolysis) is 1. The van der Waals surface area contributed by atoms with Gasteiger partial charge in [0.05, 0.1) is 6.67 Å². The number of carbonyl (C=O) groups is 3. The third kappa shape index (κ3) is 26.1. The molecule has 1 atom stereocenters. The molecule has 0 spiro atoms. The summed E-state index contributed by atoms with van der Waals surface area (Å²) in [5, 5.41) is 2.47. The van der Waals surface area contributed by atoms with E-state index < -0.39 is 40.9 Å².